The molecule has 1 aromatic rings. The van der Waals surface area contributed by atoms with Crippen LogP contribution in [-0.4, -0.2) is 23.4 Å². The third-order valence-electron chi connectivity index (χ3n) is 4.04. The molecule has 3 heteroatoms. The summed E-state index contributed by atoms with van der Waals surface area (Å²) < 4.78 is 0. The molecule has 0 saturated carbocycles. The molecular weight excluding hydrogens is 236 g/mol. The van der Waals surface area contributed by atoms with E-state index in [2.05, 4.69) is 38.2 Å². The lowest BCUT2D eigenvalue weighted by molar-refractivity contribution is -0.131. The molecule has 1 aromatic carbocycles. The fourth-order valence-electron chi connectivity index (χ4n) is 2.43. The number of rotatable bonds is 4. The molecule has 19 heavy (non-hydrogen) atoms. The Morgan fingerprint density at radius 2 is 1.89 bits per heavy atom. The molecule has 0 radical (unpaired) electrons. The van der Waals surface area contributed by atoms with Crippen molar-refractivity contribution in [1.29, 1.82) is 0 Å². The summed E-state index contributed by atoms with van der Waals surface area (Å²) >= 11 is 0. The predicted octanol–water partition coefficient (Wildman–Crippen LogP) is 2.94. The summed E-state index contributed by atoms with van der Waals surface area (Å²) in [6, 6.07) is 10.1. The van der Waals surface area contributed by atoms with Crippen LogP contribution in [0.5, 0.6) is 0 Å². The second-order valence-electron chi connectivity index (χ2n) is 6.19. The molecular formula is C16H24N2O. The van der Waals surface area contributed by atoms with Crippen molar-refractivity contribution < 1.29 is 4.79 Å². The van der Waals surface area contributed by atoms with Gasteiger partial charge in [-0.3, -0.25) is 10.1 Å². The summed E-state index contributed by atoms with van der Waals surface area (Å²) in [5, 5.41) is 3.39. The van der Waals surface area contributed by atoms with E-state index < -0.39 is 0 Å². The van der Waals surface area contributed by atoms with Crippen molar-refractivity contribution in [2.75, 3.05) is 6.54 Å². The van der Waals surface area contributed by atoms with Crippen LogP contribution in [0.2, 0.25) is 0 Å². The first-order valence-corrected chi connectivity index (χ1v) is 7.06. The van der Waals surface area contributed by atoms with Gasteiger partial charge in [0.15, 0.2) is 0 Å². The third kappa shape index (κ3) is 2.98. The van der Waals surface area contributed by atoms with Crippen LogP contribution in [0.3, 0.4) is 0 Å². The first-order valence-electron chi connectivity index (χ1n) is 7.06. The van der Waals surface area contributed by atoms with Gasteiger partial charge in [0.1, 0.15) is 6.17 Å². The summed E-state index contributed by atoms with van der Waals surface area (Å²) in [4.78, 5) is 14.3. The SMILES string of the molecule is CCC(C)(C)CN1C(=O)C(C)NC1c1ccccc1. The molecule has 2 atom stereocenters. The Balaban J connectivity index is 2.24. The fraction of sp³-hybridized carbons (Fsp3) is 0.562. The molecule has 1 aliphatic heterocycles. The highest BCUT2D eigenvalue weighted by Crippen LogP contribution is 2.30. The lowest BCUT2D eigenvalue weighted by atomic mass is 9.89. The van der Waals surface area contributed by atoms with Gasteiger partial charge in [-0.05, 0) is 24.3 Å². The molecule has 1 aliphatic rings. The normalized spacial score (nSPS) is 24.0. The maximum absolute atomic E-state index is 12.3. The van der Waals surface area contributed by atoms with Gasteiger partial charge in [0, 0.05) is 6.54 Å². The van der Waals surface area contributed by atoms with Crippen molar-refractivity contribution >= 4 is 5.91 Å². The maximum Gasteiger partial charge on any atom is 0.241 e. The van der Waals surface area contributed by atoms with E-state index in [-0.39, 0.29) is 23.5 Å². The number of hydrogen-bond acceptors (Lipinski definition) is 2. The highest BCUT2D eigenvalue weighted by Gasteiger charge is 2.39. The van der Waals surface area contributed by atoms with Crippen LogP contribution in [0.25, 0.3) is 0 Å². The Bertz CT molecular complexity index is 441. The van der Waals surface area contributed by atoms with Crippen molar-refractivity contribution in [2.24, 2.45) is 5.41 Å². The number of carbonyl (C=O) groups excluding carboxylic acids is 1. The summed E-state index contributed by atoms with van der Waals surface area (Å²) in [5.41, 5.74) is 1.31. The first kappa shape index (κ1) is 14.1. The van der Waals surface area contributed by atoms with Crippen LogP contribution < -0.4 is 5.32 Å². The van der Waals surface area contributed by atoms with Crippen LogP contribution in [0, 0.1) is 5.41 Å². The van der Waals surface area contributed by atoms with Gasteiger partial charge in [0.25, 0.3) is 0 Å². The third-order valence-corrected chi connectivity index (χ3v) is 4.04. The number of nitrogens with one attached hydrogen (secondary N) is 1. The van der Waals surface area contributed by atoms with Gasteiger partial charge in [0.05, 0.1) is 6.04 Å². The number of amides is 1. The summed E-state index contributed by atoms with van der Waals surface area (Å²) in [5.74, 6) is 0.204. The van der Waals surface area contributed by atoms with E-state index >= 15 is 0 Å². The van der Waals surface area contributed by atoms with Crippen LogP contribution in [-0.2, 0) is 4.79 Å². The van der Waals surface area contributed by atoms with E-state index in [0.29, 0.717) is 0 Å². The van der Waals surface area contributed by atoms with Crippen molar-refractivity contribution in [2.45, 2.75) is 46.3 Å². The zero-order chi connectivity index (χ0) is 14.0. The Morgan fingerprint density at radius 3 is 2.47 bits per heavy atom. The van der Waals surface area contributed by atoms with Crippen LogP contribution in [0.4, 0.5) is 0 Å². The molecule has 0 bridgehead atoms. The quantitative estimate of drug-likeness (QED) is 0.902. The number of benzene rings is 1. The average Bonchev–Trinajstić information content (AvgIpc) is 2.68. The largest absolute Gasteiger partial charge is 0.321 e. The molecule has 2 rings (SSSR count). The topological polar surface area (TPSA) is 32.3 Å². The van der Waals surface area contributed by atoms with E-state index in [9.17, 15) is 4.79 Å². The van der Waals surface area contributed by atoms with Crippen molar-refractivity contribution in [3.05, 3.63) is 35.9 Å². The zero-order valence-electron chi connectivity index (χ0n) is 12.3. The van der Waals surface area contributed by atoms with Crippen LogP contribution in [0.15, 0.2) is 30.3 Å². The first-order chi connectivity index (χ1) is 8.94. The van der Waals surface area contributed by atoms with Gasteiger partial charge >= 0.3 is 0 Å². The van der Waals surface area contributed by atoms with Gasteiger partial charge in [-0.15, -0.1) is 0 Å². The van der Waals surface area contributed by atoms with Gasteiger partial charge < -0.3 is 4.90 Å². The van der Waals surface area contributed by atoms with Crippen molar-refractivity contribution in [3.63, 3.8) is 0 Å². The Labute approximate surface area is 116 Å². The molecule has 1 heterocycles. The monoisotopic (exact) mass is 260 g/mol. The molecule has 3 nitrogen and oxygen atoms in total. The molecule has 0 aromatic heterocycles. The van der Waals surface area contributed by atoms with E-state index in [1.165, 1.54) is 0 Å². The van der Waals surface area contributed by atoms with Crippen molar-refractivity contribution in [1.82, 2.24) is 10.2 Å². The summed E-state index contributed by atoms with van der Waals surface area (Å²) in [7, 11) is 0. The van der Waals surface area contributed by atoms with Crippen LogP contribution >= 0.6 is 0 Å². The van der Waals surface area contributed by atoms with Gasteiger partial charge in [0.2, 0.25) is 5.91 Å². The Hall–Kier alpha value is -1.35. The van der Waals surface area contributed by atoms with Gasteiger partial charge in [-0.1, -0.05) is 51.1 Å². The lowest BCUT2D eigenvalue weighted by Crippen LogP contribution is -2.38. The lowest BCUT2D eigenvalue weighted by Gasteiger charge is -2.33. The summed E-state index contributed by atoms with van der Waals surface area (Å²) in [6.07, 6.45) is 1.07. The van der Waals surface area contributed by atoms with E-state index in [1.54, 1.807) is 0 Å². The smallest absolute Gasteiger partial charge is 0.241 e. The average molecular weight is 260 g/mol. The molecule has 0 aliphatic carbocycles. The second kappa shape index (κ2) is 5.33. The van der Waals surface area contributed by atoms with Crippen molar-refractivity contribution in [3.8, 4) is 0 Å². The van der Waals surface area contributed by atoms with Gasteiger partial charge in [-0.25, -0.2) is 0 Å². The second-order valence-corrected chi connectivity index (χ2v) is 6.19. The fourth-order valence-corrected chi connectivity index (χ4v) is 2.43. The highest BCUT2D eigenvalue weighted by atomic mass is 16.2. The van der Waals surface area contributed by atoms with E-state index in [0.717, 1.165) is 18.5 Å². The molecule has 1 saturated heterocycles. The zero-order valence-corrected chi connectivity index (χ0v) is 12.3. The van der Waals surface area contributed by atoms with Gasteiger partial charge in [-0.2, -0.15) is 0 Å². The van der Waals surface area contributed by atoms with E-state index in [4.69, 9.17) is 0 Å². The molecule has 1 amide bonds. The minimum Gasteiger partial charge on any atom is -0.321 e. The Morgan fingerprint density at radius 1 is 1.26 bits per heavy atom. The molecule has 104 valence electrons. The maximum atomic E-state index is 12.3. The number of nitrogens with zero attached hydrogens (tertiary/aromatic N) is 1. The van der Waals surface area contributed by atoms with Crippen LogP contribution in [0.1, 0.15) is 45.8 Å². The molecule has 1 fully saturated rings. The molecule has 0 spiro atoms. The number of hydrogen-bond donors (Lipinski definition) is 1. The molecule has 2 unspecified atom stereocenters. The highest BCUT2D eigenvalue weighted by molar-refractivity contribution is 5.84. The Kier molecular flexibility index (Phi) is 3.95. The predicted molar refractivity (Wildman–Crippen MR) is 77.6 cm³/mol. The number of carbonyl (C=O) groups is 1. The standard InChI is InChI=1S/C16H24N2O/c1-5-16(3,4)11-18-14(17-12(2)15(18)19)13-9-7-6-8-10-13/h6-10,12,14,17H,5,11H2,1-4H3. The minimum atomic E-state index is -0.0992. The minimum absolute atomic E-state index is 0.00882. The molecule has 1 N–H and O–H groups in total. The summed E-state index contributed by atoms with van der Waals surface area (Å²) in [6.45, 7) is 9.34. The van der Waals surface area contributed by atoms with E-state index in [1.807, 2.05) is 30.0 Å².